The normalized spacial score (nSPS) is 25.0. The maximum atomic E-state index is 13.0. The SMILES string of the molecule is O=C1C=C[C@@]2(C(=O)Nc3cc(Cl)ccc32)[C@@H](c2cccc(Br)c2)C1. The fourth-order valence-corrected chi connectivity index (χ4v) is 4.30. The zero-order chi connectivity index (χ0) is 16.9. The zero-order valence-corrected chi connectivity index (χ0v) is 14.9. The Morgan fingerprint density at radius 1 is 1.17 bits per heavy atom. The Hall–Kier alpha value is -1.91. The number of fused-ring (bicyclic) bond motifs is 2. The van der Waals surface area contributed by atoms with Gasteiger partial charge in [0.05, 0.1) is 0 Å². The van der Waals surface area contributed by atoms with Gasteiger partial charge in [0.1, 0.15) is 5.41 Å². The molecule has 3 nitrogen and oxygen atoms in total. The van der Waals surface area contributed by atoms with Crippen molar-refractivity contribution in [2.45, 2.75) is 17.8 Å². The Morgan fingerprint density at radius 2 is 2.00 bits per heavy atom. The van der Waals surface area contributed by atoms with Crippen LogP contribution in [0.5, 0.6) is 0 Å². The summed E-state index contributed by atoms with van der Waals surface area (Å²) in [4.78, 5) is 25.1. The van der Waals surface area contributed by atoms with Gasteiger partial charge in [-0.2, -0.15) is 0 Å². The molecule has 2 aromatic carbocycles. The summed E-state index contributed by atoms with van der Waals surface area (Å²) in [6.45, 7) is 0. The van der Waals surface area contributed by atoms with Crippen LogP contribution in [-0.4, -0.2) is 11.7 Å². The largest absolute Gasteiger partial charge is 0.325 e. The molecule has 1 spiro atoms. The first kappa shape index (κ1) is 15.6. The van der Waals surface area contributed by atoms with E-state index in [1.54, 1.807) is 18.2 Å². The van der Waals surface area contributed by atoms with Crippen LogP contribution in [0.4, 0.5) is 5.69 Å². The molecule has 0 saturated heterocycles. The van der Waals surface area contributed by atoms with Gasteiger partial charge in [0.25, 0.3) is 0 Å². The van der Waals surface area contributed by atoms with Crippen molar-refractivity contribution in [1.82, 2.24) is 0 Å². The number of anilines is 1. The molecule has 5 heteroatoms. The molecule has 1 amide bonds. The molecule has 0 saturated carbocycles. The molecule has 0 fully saturated rings. The average Bonchev–Trinajstić information content (AvgIpc) is 2.81. The molecule has 24 heavy (non-hydrogen) atoms. The van der Waals surface area contributed by atoms with E-state index in [9.17, 15) is 9.59 Å². The van der Waals surface area contributed by atoms with Crippen molar-refractivity contribution in [1.29, 1.82) is 0 Å². The van der Waals surface area contributed by atoms with Crippen LogP contribution in [0, 0.1) is 0 Å². The number of benzene rings is 2. The Labute approximate surface area is 152 Å². The lowest BCUT2D eigenvalue weighted by atomic mass is 9.64. The van der Waals surface area contributed by atoms with Crippen molar-refractivity contribution < 1.29 is 9.59 Å². The Kier molecular flexibility index (Phi) is 3.62. The second-order valence-corrected chi connectivity index (χ2v) is 7.48. The lowest BCUT2D eigenvalue weighted by Crippen LogP contribution is -2.41. The third-order valence-corrected chi connectivity index (χ3v) is 5.52. The Morgan fingerprint density at radius 3 is 2.79 bits per heavy atom. The third kappa shape index (κ3) is 2.25. The van der Waals surface area contributed by atoms with Crippen LogP contribution < -0.4 is 5.32 Å². The van der Waals surface area contributed by atoms with Crippen LogP contribution >= 0.6 is 27.5 Å². The molecule has 120 valence electrons. The molecular formula is C19H13BrClNO2. The van der Waals surface area contributed by atoms with Crippen LogP contribution in [0.25, 0.3) is 0 Å². The van der Waals surface area contributed by atoms with E-state index in [0.29, 0.717) is 17.1 Å². The smallest absolute Gasteiger partial charge is 0.239 e. The van der Waals surface area contributed by atoms with E-state index in [0.717, 1.165) is 15.6 Å². The number of hydrogen-bond acceptors (Lipinski definition) is 2. The molecule has 4 rings (SSSR count). The van der Waals surface area contributed by atoms with Crippen LogP contribution in [0.2, 0.25) is 5.02 Å². The molecule has 0 bridgehead atoms. The number of nitrogens with one attached hydrogen (secondary N) is 1. The number of carbonyl (C=O) groups excluding carboxylic acids is 2. The van der Waals surface area contributed by atoms with Crippen molar-refractivity contribution in [2.75, 3.05) is 5.32 Å². The molecule has 1 aliphatic carbocycles. The van der Waals surface area contributed by atoms with E-state index >= 15 is 0 Å². The molecule has 0 radical (unpaired) electrons. The van der Waals surface area contributed by atoms with Gasteiger partial charge in [-0.1, -0.05) is 51.8 Å². The molecule has 0 unspecified atom stereocenters. The zero-order valence-electron chi connectivity index (χ0n) is 12.6. The lowest BCUT2D eigenvalue weighted by molar-refractivity contribution is -0.121. The van der Waals surface area contributed by atoms with E-state index in [1.807, 2.05) is 30.3 Å². The Bertz CT molecular complexity index is 908. The number of rotatable bonds is 1. The van der Waals surface area contributed by atoms with Gasteiger partial charge in [0, 0.05) is 27.5 Å². The van der Waals surface area contributed by atoms with Crippen molar-refractivity contribution in [2.24, 2.45) is 0 Å². The number of amides is 1. The van der Waals surface area contributed by atoms with Gasteiger partial charge in [-0.3, -0.25) is 9.59 Å². The number of halogens is 2. The predicted molar refractivity (Wildman–Crippen MR) is 97.4 cm³/mol. The minimum absolute atomic E-state index is 0.0285. The average molecular weight is 403 g/mol. The van der Waals surface area contributed by atoms with Crippen molar-refractivity contribution >= 4 is 44.9 Å². The van der Waals surface area contributed by atoms with Crippen LogP contribution in [0.15, 0.2) is 59.1 Å². The predicted octanol–water partition coefficient (Wildman–Crippen LogP) is 4.61. The summed E-state index contributed by atoms with van der Waals surface area (Å²) >= 11 is 9.54. The van der Waals surface area contributed by atoms with Gasteiger partial charge in [-0.15, -0.1) is 0 Å². The third-order valence-electron chi connectivity index (χ3n) is 4.79. The van der Waals surface area contributed by atoms with E-state index in [-0.39, 0.29) is 17.6 Å². The molecule has 1 aliphatic heterocycles. The quantitative estimate of drug-likeness (QED) is 0.757. The molecule has 2 aromatic rings. The topological polar surface area (TPSA) is 46.2 Å². The van der Waals surface area contributed by atoms with Gasteiger partial charge in [0.15, 0.2) is 5.78 Å². The van der Waals surface area contributed by atoms with Crippen molar-refractivity contribution in [3.05, 3.63) is 75.2 Å². The van der Waals surface area contributed by atoms with Gasteiger partial charge in [-0.05, 0) is 41.5 Å². The molecular weight excluding hydrogens is 390 g/mol. The van der Waals surface area contributed by atoms with E-state index < -0.39 is 5.41 Å². The molecule has 1 N–H and O–H groups in total. The summed E-state index contributed by atoms with van der Waals surface area (Å²) in [5, 5.41) is 3.50. The Balaban J connectivity index is 1.95. The summed E-state index contributed by atoms with van der Waals surface area (Å²) < 4.78 is 0.923. The van der Waals surface area contributed by atoms with E-state index in [1.165, 1.54) is 6.08 Å². The summed E-state index contributed by atoms with van der Waals surface area (Å²) in [6.07, 6.45) is 3.57. The molecule has 2 aliphatic rings. The van der Waals surface area contributed by atoms with E-state index in [2.05, 4.69) is 21.2 Å². The first-order chi connectivity index (χ1) is 11.5. The van der Waals surface area contributed by atoms with Crippen LogP contribution in [0.1, 0.15) is 23.5 Å². The second-order valence-electron chi connectivity index (χ2n) is 6.12. The minimum atomic E-state index is -0.880. The summed E-state index contributed by atoms with van der Waals surface area (Å²) in [5.41, 5.74) is 1.66. The summed E-state index contributed by atoms with van der Waals surface area (Å²) in [7, 11) is 0. The minimum Gasteiger partial charge on any atom is -0.325 e. The summed E-state index contributed by atoms with van der Waals surface area (Å²) in [6, 6.07) is 13.2. The number of ketones is 1. The standard InChI is InChI=1S/C19H13BrClNO2/c20-12-3-1-2-11(8-12)16-10-14(23)6-7-19(16)15-5-4-13(21)9-17(15)22-18(19)24/h1-9,16H,10H2,(H,22,24)/t16-,19+/m1/s1. The van der Waals surface area contributed by atoms with Gasteiger partial charge in [0.2, 0.25) is 5.91 Å². The maximum absolute atomic E-state index is 13.0. The number of allylic oxidation sites excluding steroid dienone is 1. The lowest BCUT2D eigenvalue weighted by Gasteiger charge is -2.36. The molecule has 2 atom stereocenters. The molecule has 1 heterocycles. The van der Waals surface area contributed by atoms with Gasteiger partial charge in [-0.25, -0.2) is 0 Å². The highest BCUT2D eigenvalue weighted by atomic mass is 79.9. The first-order valence-electron chi connectivity index (χ1n) is 7.60. The highest BCUT2D eigenvalue weighted by Gasteiger charge is 2.53. The first-order valence-corrected chi connectivity index (χ1v) is 8.77. The van der Waals surface area contributed by atoms with E-state index in [4.69, 9.17) is 11.6 Å². The van der Waals surface area contributed by atoms with Crippen molar-refractivity contribution in [3.8, 4) is 0 Å². The van der Waals surface area contributed by atoms with Crippen molar-refractivity contribution in [3.63, 3.8) is 0 Å². The van der Waals surface area contributed by atoms with Gasteiger partial charge < -0.3 is 5.32 Å². The highest BCUT2D eigenvalue weighted by Crippen LogP contribution is 2.52. The van der Waals surface area contributed by atoms with Crippen LogP contribution in [0.3, 0.4) is 0 Å². The molecule has 0 aromatic heterocycles. The van der Waals surface area contributed by atoms with Gasteiger partial charge >= 0.3 is 0 Å². The second kappa shape index (κ2) is 5.57. The fourth-order valence-electron chi connectivity index (χ4n) is 3.71. The summed E-state index contributed by atoms with van der Waals surface area (Å²) in [5.74, 6) is -0.343. The highest BCUT2D eigenvalue weighted by molar-refractivity contribution is 9.10. The number of carbonyl (C=O) groups is 2. The van der Waals surface area contributed by atoms with Crippen LogP contribution in [-0.2, 0) is 15.0 Å². The maximum Gasteiger partial charge on any atom is 0.239 e. The fraction of sp³-hybridized carbons (Fsp3) is 0.158. The monoisotopic (exact) mass is 401 g/mol. The number of hydrogen-bond donors (Lipinski definition) is 1.